The molecular weight excluding hydrogens is 509 g/mol. The van der Waals surface area contributed by atoms with Crippen molar-refractivity contribution in [2.75, 3.05) is 5.75 Å². The average molecular weight is 530 g/mol. The molecule has 0 aliphatic carbocycles. The van der Waals surface area contributed by atoms with Gasteiger partial charge in [-0.3, -0.25) is 4.55 Å². The van der Waals surface area contributed by atoms with Crippen LogP contribution in [0.25, 0.3) is 0 Å². The molecule has 1 unspecified atom stereocenters. The molecule has 2 aromatic carbocycles. The molecule has 2 aromatic rings. The summed E-state index contributed by atoms with van der Waals surface area (Å²) in [6, 6.07) is 6.98. The summed E-state index contributed by atoms with van der Waals surface area (Å²) in [5.74, 6) is -4.34. The van der Waals surface area contributed by atoms with Gasteiger partial charge in [-0.25, -0.2) is 9.59 Å². The van der Waals surface area contributed by atoms with Crippen LogP contribution in [0.1, 0.15) is 37.4 Å². The Morgan fingerprint density at radius 1 is 0.971 bits per heavy atom. The minimum Gasteiger partial charge on any atom is -0.448 e. The summed E-state index contributed by atoms with van der Waals surface area (Å²) in [7, 11) is 0.557. The van der Waals surface area contributed by atoms with E-state index in [1.165, 1.54) is 6.07 Å². The zero-order valence-corrected chi connectivity index (χ0v) is 20.7. The van der Waals surface area contributed by atoms with Gasteiger partial charge >= 0.3 is 18.1 Å². The van der Waals surface area contributed by atoms with E-state index >= 15 is 0 Å². The molecule has 1 atom stereocenters. The molecule has 0 amide bonds. The Hall–Kier alpha value is -2.44. The predicted octanol–water partition coefficient (Wildman–Crippen LogP) is 0.934. The average Bonchev–Trinajstić information content (AvgIpc) is 2.76. The van der Waals surface area contributed by atoms with Gasteiger partial charge in [0.05, 0.1) is 11.1 Å². The van der Waals surface area contributed by atoms with Gasteiger partial charge in [-0.15, -0.1) is 0 Å². The molecule has 35 heavy (non-hydrogen) atoms. The standard InChI is InChI=1S/C20H21B3ClF3O7S/c21-6-10-3-11(7-22)17(12(4-10)8-23)34-18(28)14-2-1-13(24)5-15(14)19(29)33-16(20(25,26)27)9-35(30,31)32/h1-5,16H,6-9,21-23H2,(H,30,31,32). The van der Waals surface area contributed by atoms with E-state index in [2.05, 4.69) is 4.74 Å². The second-order valence-corrected chi connectivity index (χ2v) is 9.50. The largest absolute Gasteiger partial charge is 0.448 e. The van der Waals surface area contributed by atoms with Crippen molar-refractivity contribution >= 4 is 57.2 Å². The lowest BCUT2D eigenvalue weighted by Gasteiger charge is -2.20. The van der Waals surface area contributed by atoms with Gasteiger partial charge in [0.15, 0.2) is 0 Å². The van der Waals surface area contributed by atoms with E-state index in [4.69, 9.17) is 20.9 Å². The number of hydrogen-bond donors (Lipinski definition) is 1. The highest BCUT2D eigenvalue weighted by atomic mass is 35.5. The molecule has 7 nitrogen and oxygen atoms in total. The van der Waals surface area contributed by atoms with Crippen molar-refractivity contribution < 1.29 is 45.2 Å². The fraction of sp³-hybridized carbons (Fsp3) is 0.300. The number of alkyl halides is 3. The van der Waals surface area contributed by atoms with Crippen LogP contribution in [-0.2, 0) is 33.8 Å². The molecule has 0 saturated carbocycles. The third-order valence-corrected chi connectivity index (χ3v) is 6.02. The molecular formula is C20H21B3ClF3O7S. The van der Waals surface area contributed by atoms with E-state index in [-0.39, 0.29) is 10.8 Å². The summed E-state index contributed by atoms with van der Waals surface area (Å²) in [5.41, 5.74) is 1.41. The maximum atomic E-state index is 13.2. The summed E-state index contributed by atoms with van der Waals surface area (Å²) in [6.45, 7) is 0. The molecule has 2 rings (SSSR count). The zero-order chi connectivity index (χ0) is 26.6. The first-order chi connectivity index (χ1) is 16.2. The lowest BCUT2D eigenvalue weighted by molar-refractivity contribution is -0.197. The van der Waals surface area contributed by atoms with Crippen molar-refractivity contribution in [3.05, 3.63) is 63.2 Å². The number of carbonyl (C=O) groups excluding carboxylic acids is 2. The Bertz CT molecular complexity index is 1200. The van der Waals surface area contributed by atoms with Gasteiger partial charge in [0.2, 0.25) is 6.10 Å². The van der Waals surface area contributed by atoms with Gasteiger partial charge in [-0.2, -0.15) is 21.6 Å². The summed E-state index contributed by atoms with van der Waals surface area (Å²) in [5, 5.41) is -0.0948. The first-order valence-corrected chi connectivity index (χ1v) is 12.6. The molecule has 0 fully saturated rings. The van der Waals surface area contributed by atoms with Gasteiger partial charge in [0.1, 0.15) is 35.0 Å². The third-order valence-electron chi connectivity index (χ3n) is 5.07. The van der Waals surface area contributed by atoms with Crippen molar-refractivity contribution in [1.29, 1.82) is 0 Å². The van der Waals surface area contributed by atoms with E-state index in [9.17, 15) is 31.2 Å². The highest BCUT2D eigenvalue weighted by Gasteiger charge is 2.46. The van der Waals surface area contributed by atoms with E-state index in [1.807, 2.05) is 35.7 Å². The van der Waals surface area contributed by atoms with E-state index in [0.29, 0.717) is 12.6 Å². The van der Waals surface area contributed by atoms with Crippen LogP contribution in [0.4, 0.5) is 13.2 Å². The molecule has 0 bridgehead atoms. The minimum absolute atomic E-state index is 0.0948. The van der Waals surface area contributed by atoms with E-state index < -0.39 is 51.2 Å². The lowest BCUT2D eigenvalue weighted by Crippen LogP contribution is -2.39. The number of esters is 2. The van der Waals surface area contributed by atoms with Crippen molar-refractivity contribution in [1.82, 2.24) is 0 Å². The SMILES string of the molecule is BCc1cc(CB)c(OC(=O)c2ccc(Cl)cc2C(=O)OC(CS(=O)(=O)O)C(F)(F)F)c(CB)c1. The molecule has 0 spiro atoms. The quantitative estimate of drug-likeness (QED) is 0.223. The Labute approximate surface area is 208 Å². The van der Waals surface area contributed by atoms with Crippen molar-refractivity contribution in [3.63, 3.8) is 0 Å². The molecule has 0 aliphatic rings. The highest BCUT2D eigenvalue weighted by Crippen LogP contribution is 2.30. The Balaban J connectivity index is 2.46. The van der Waals surface area contributed by atoms with Crippen LogP contribution < -0.4 is 4.74 Å². The van der Waals surface area contributed by atoms with Crippen LogP contribution in [0.3, 0.4) is 0 Å². The van der Waals surface area contributed by atoms with Gasteiger partial charge < -0.3 is 9.47 Å². The minimum atomic E-state index is -5.31. The van der Waals surface area contributed by atoms with Crippen LogP contribution in [0.5, 0.6) is 5.75 Å². The molecule has 0 aliphatic heterocycles. The smallest absolute Gasteiger partial charge is 0.426 e. The van der Waals surface area contributed by atoms with Gasteiger partial charge in [-0.05, 0) is 29.3 Å². The van der Waals surface area contributed by atoms with E-state index in [1.54, 1.807) is 0 Å². The highest BCUT2D eigenvalue weighted by molar-refractivity contribution is 7.85. The first-order valence-electron chi connectivity index (χ1n) is 10.6. The number of rotatable bonds is 9. The van der Waals surface area contributed by atoms with Crippen molar-refractivity contribution in [2.45, 2.75) is 31.2 Å². The monoisotopic (exact) mass is 530 g/mol. The maximum Gasteiger partial charge on any atom is 0.426 e. The fourth-order valence-corrected chi connectivity index (χ4v) is 4.09. The number of benzene rings is 2. The third kappa shape index (κ3) is 7.78. The van der Waals surface area contributed by atoms with Crippen molar-refractivity contribution in [2.24, 2.45) is 0 Å². The van der Waals surface area contributed by atoms with Crippen LogP contribution in [0, 0.1) is 0 Å². The van der Waals surface area contributed by atoms with E-state index in [0.717, 1.165) is 35.1 Å². The number of ether oxygens (including phenoxy) is 2. The number of hydrogen-bond acceptors (Lipinski definition) is 6. The van der Waals surface area contributed by atoms with Crippen molar-refractivity contribution in [3.8, 4) is 5.75 Å². The summed E-state index contributed by atoms with van der Waals surface area (Å²) in [4.78, 5) is 25.6. The van der Waals surface area contributed by atoms with Crippen LogP contribution in [0.2, 0.25) is 5.02 Å². The molecule has 1 N–H and O–H groups in total. The maximum absolute atomic E-state index is 13.2. The fourth-order valence-electron chi connectivity index (χ4n) is 3.28. The topological polar surface area (TPSA) is 107 Å². The van der Waals surface area contributed by atoms with Gasteiger partial charge in [-0.1, -0.05) is 48.3 Å². The first kappa shape index (κ1) is 28.8. The molecule has 0 heterocycles. The summed E-state index contributed by atoms with van der Waals surface area (Å²) in [6.07, 6.45) is -6.67. The zero-order valence-electron chi connectivity index (χ0n) is 19.1. The Morgan fingerprint density at radius 3 is 2.00 bits per heavy atom. The second kappa shape index (κ2) is 11.5. The number of halogens is 4. The van der Waals surface area contributed by atoms with Crippen LogP contribution >= 0.6 is 11.6 Å². The summed E-state index contributed by atoms with van der Waals surface area (Å²) < 4.78 is 80.3. The molecule has 0 radical (unpaired) electrons. The van der Waals surface area contributed by atoms with Crippen LogP contribution in [-0.4, -0.2) is 66.5 Å². The predicted molar refractivity (Wildman–Crippen MR) is 131 cm³/mol. The Morgan fingerprint density at radius 2 is 1.54 bits per heavy atom. The van der Waals surface area contributed by atoms with Gasteiger partial charge in [0, 0.05) is 5.02 Å². The van der Waals surface area contributed by atoms with Crippen LogP contribution in [0.15, 0.2) is 30.3 Å². The lowest BCUT2D eigenvalue weighted by atomic mass is 9.85. The van der Waals surface area contributed by atoms with Gasteiger partial charge in [0.25, 0.3) is 10.1 Å². The molecule has 15 heteroatoms. The second-order valence-electron chi connectivity index (χ2n) is 7.57. The molecule has 186 valence electrons. The Kier molecular flexibility index (Phi) is 9.49. The molecule has 0 aromatic heterocycles. The summed E-state index contributed by atoms with van der Waals surface area (Å²) >= 11 is 5.87. The normalized spacial score (nSPS) is 12.7. The number of carbonyl (C=O) groups is 2. The molecule has 0 saturated heterocycles.